The second-order valence-electron chi connectivity index (χ2n) is 5.96. The molecule has 0 atom stereocenters. The molecule has 0 saturated heterocycles. The predicted molar refractivity (Wildman–Crippen MR) is 91.5 cm³/mol. The van der Waals surface area contributed by atoms with Crippen LogP contribution in [0.15, 0.2) is 42.5 Å². The summed E-state index contributed by atoms with van der Waals surface area (Å²) < 4.78 is 12.9. The molecule has 2 N–H and O–H groups in total. The molecule has 4 nitrogen and oxygen atoms in total. The van der Waals surface area contributed by atoms with Gasteiger partial charge >= 0.3 is 0 Å². The first kappa shape index (κ1) is 16.5. The largest absolute Gasteiger partial charge is 0.325 e. The fourth-order valence-corrected chi connectivity index (χ4v) is 2.57. The summed E-state index contributed by atoms with van der Waals surface area (Å²) in [4.78, 5) is 24.9. The molecule has 1 aliphatic carbocycles. The molecule has 1 fully saturated rings. The van der Waals surface area contributed by atoms with E-state index in [4.69, 9.17) is 11.6 Å². The lowest BCUT2D eigenvalue weighted by molar-refractivity contribution is -0.131. The van der Waals surface area contributed by atoms with Gasteiger partial charge in [-0.15, -0.1) is 0 Å². The number of halogens is 2. The third kappa shape index (κ3) is 3.26. The lowest BCUT2D eigenvalue weighted by atomic mass is 10.0. The summed E-state index contributed by atoms with van der Waals surface area (Å²) in [7, 11) is 0. The summed E-state index contributed by atoms with van der Waals surface area (Å²) in [6, 6.07) is 10.6. The molecule has 0 radical (unpaired) electrons. The summed E-state index contributed by atoms with van der Waals surface area (Å²) in [5.74, 6) is -1.13. The van der Waals surface area contributed by atoms with E-state index in [1.165, 1.54) is 24.3 Å². The van der Waals surface area contributed by atoms with Crippen molar-refractivity contribution in [2.24, 2.45) is 5.41 Å². The summed E-state index contributed by atoms with van der Waals surface area (Å²) >= 11 is 6.05. The van der Waals surface area contributed by atoms with E-state index in [2.05, 4.69) is 10.6 Å². The number of hydrogen-bond donors (Lipinski definition) is 2. The van der Waals surface area contributed by atoms with E-state index in [0.717, 1.165) is 5.56 Å². The lowest BCUT2D eigenvalue weighted by Crippen LogP contribution is -2.35. The van der Waals surface area contributed by atoms with Gasteiger partial charge in [-0.3, -0.25) is 9.59 Å². The molecule has 1 aliphatic rings. The molecule has 0 spiro atoms. The summed E-state index contributed by atoms with van der Waals surface area (Å²) in [6.07, 6.45) is 0.955. The maximum absolute atomic E-state index is 12.9. The van der Waals surface area contributed by atoms with Crippen molar-refractivity contribution in [3.05, 3.63) is 58.9 Å². The maximum Gasteiger partial charge on any atom is 0.240 e. The fraction of sp³-hybridized carbons (Fsp3) is 0.222. The topological polar surface area (TPSA) is 58.2 Å². The second kappa shape index (κ2) is 6.24. The number of benzene rings is 2. The molecule has 6 heteroatoms. The van der Waals surface area contributed by atoms with Crippen LogP contribution in [0.25, 0.3) is 0 Å². The van der Waals surface area contributed by atoms with Crippen molar-refractivity contribution >= 4 is 34.8 Å². The van der Waals surface area contributed by atoms with Gasteiger partial charge in [-0.2, -0.15) is 0 Å². The van der Waals surface area contributed by atoms with Gasteiger partial charge in [0.1, 0.15) is 11.2 Å². The van der Waals surface area contributed by atoms with E-state index in [0.29, 0.717) is 29.2 Å². The van der Waals surface area contributed by atoms with E-state index in [-0.39, 0.29) is 17.6 Å². The smallest absolute Gasteiger partial charge is 0.240 e. The van der Waals surface area contributed by atoms with E-state index in [1.54, 1.807) is 18.2 Å². The van der Waals surface area contributed by atoms with E-state index in [1.807, 2.05) is 6.92 Å². The van der Waals surface area contributed by atoms with Gasteiger partial charge in [0.2, 0.25) is 11.8 Å². The van der Waals surface area contributed by atoms with Crippen molar-refractivity contribution in [1.29, 1.82) is 0 Å². The molecule has 2 amide bonds. The van der Waals surface area contributed by atoms with Crippen LogP contribution in [0.2, 0.25) is 5.02 Å². The Morgan fingerprint density at radius 1 is 1.00 bits per heavy atom. The molecule has 0 bridgehead atoms. The van der Waals surface area contributed by atoms with Crippen LogP contribution in [-0.4, -0.2) is 11.8 Å². The van der Waals surface area contributed by atoms with Gasteiger partial charge in [-0.05, 0) is 61.7 Å². The molecule has 2 aromatic carbocycles. The van der Waals surface area contributed by atoms with Gasteiger partial charge < -0.3 is 10.6 Å². The van der Waals surface area contributed by atoms with Gasteiger partial charge in [0, 0.05) is 16.4 Å². The third-order valence-corrected chi connectivity index (χ3v) is 4.56. The molecule has 124 valence electrons. The Bertz CT molecular complexity index is 801. The molecule has 2 aromatic rings. The van der Waals surface area contributed by atoms with E-state index < -0.39 is 5.41 Å². The van der Waals surface area contributed by atoms with Crippen molar-refractivity contribution in [1.82, 2.24) is 0 Å². The van der Waals surface area contributed by atoms with Crippen LogP contribution < -0.4 is 10.6 Å². The van der Waals surface area contributed by atoms with Crippen LogP contribution in [-0.2, 0) is 9.59 Å². The normalized spacial score (nSPS) is 14.8. The van der Waals surface area contributed by atoms with E-state index in [9.17, 15) is 14.0 Å². The molecular formula is C18H16ClFN2O2. The second-order valence-corrected chi connectivity index (χ2v) is 6.37. The highest BCUT2D eigenvalue weighted by atomic mass is 35.5. The zero-order valence-electron chi connectivity index (χ0n) is 13.0. The van der Waals surface area contributed by atoms with Crippen LogP contribution in [0, 0.1) is 18.2 Å². The Morgan fingerprint density at radius 3 is 2.08 bits per heavy atom. The Morgan fingerprint density at radius 2 is 1.54 bits per heavy atom. The minimum atomic E-state index is -1.08. The van der Waals surface area contributed by atoms with Gasteiger partial charge in [-0.25, -0.2) is 4.39 Å². The fourth-order valence-electron chi connectivity index (χ4n) is 2.39. The Balaban J connectivity index is 1.70. The van der Waals surface area contributed by atoms with Crippen molar-refractivity contribution in [2.75, 3.05) is 10.6 Å². The van der Waals surface area contributed by atoms with Crippen molar-refractivity contribution in [3.8, 4) is 0 Å². The minimum Gasteiger partial charge on any atom is -0.325 e. The maximum atomic E-state index is 12.9. The van der Waals surface area contributed by atoms with Crippen LogP contribution >= 0.6 is 11.6 Å². The Kier molecular flexibility index (Phi) is 4.28. The highest BCUT2D eigenvalue weighted by Gasteiger charge is 2.56. The van der Waals surface area contributed by atoms with Crippen molar-refractivity contribution in [3.63, 3.8) is 0 Å². The Hall–Kier alpha value is -2.40. The number of amides is 2. The summed E-state index contributed by atoms with van der Waals surface area (Å²) in [6.45, 7) is 1.87. The average molecular weight is 347 g/mol. The lowest BCUT2D eigenvalue weighted by Gasteiger charge is -2.16. The quantitative estimate of drug-likeness (QED) is 0.817. The standard InChI is InChI=1S/C18H16ClFN2O2/c1-11-2-5-14(10-15(11)19)22-17(24)18(8-9-18)16(23)21-13-6-3-12(20)4-7-13/h2-7,10H,8-9H2,1H3,(H,21,23)(H,22,24). The number of carbonyl (C=O) groups excluding carboxylic acids is 2. The average Bonchev–Trinajstić information content (AvgIpc) is 3.35. The highest BCUT2D eigenvalue weighted by Crippen LogP contribution is 2.47. The zero-order valence-corrected chi connectivity index (χ0v) is 13.8. The van der Waals surface area contributed by atoms with Crippen LogP contribution in [0.4, 0.5) is 15.8 Å². The molecule has 3 rings (SSSR count). The number of rotatable bonds is 4. The van der Waals surface area contributed by atoms with Gasteiger partial charge in [-0.1, -0.05) is 17.7 Å². The summed E-state index contributed by atoms with van der Waals surface area (Å²) in [5, 5.41) is 5.96. The number of anilines is 2. The Labute approximate surface area is 144 Å². The molecule has 0 aromatic heterocycles. The van der Waals surface area contributed by atoms with Crippen molar-refractivity contribution < 1.29 is 14.0 Å². The number of carbonyl (C=O) groups is 2. The molecule has 0 unspecified atom stereocenters. The molecule has 24 heavy (non-hydrogen) atoms. The van der Waals surface area contributed by atoms with Crippen LogP contribution in [0.3, 0.4) is 0 Å². The first-order chi connectivity index (χ1) is 11.4. The monoisotopic (exact) mass is 346 g/mol. The van der Waals surface area contributed by atoms with Gasteiger partial charge in [0.15, 0.2) is 0 Å². The minimum absolute atomic E-state index is 0.359. The van der Waals surface area contributed by atoms with Crippen molar-refractivity contribution in [2.45, 2.75) is 19.8 Å². The van der Waals surface area contributed by atoms with Crippen LogP contribution in [0.5, 0.6) is 0 Å². The molecule has 1 saturated carbocycles. The van der Waals surface area contributed by atoms with Gasteiger partial charge in [0.05, 0.1) is 0 Å². The van der Waals surface area contributed by atoms with E-state index >= 15 is 0 Å². The molecular weight excluding hydrogens is 331 g/mol. The first-order valence-corrected chi connectivity index (χ1v) is 7.93. The molecule has 0 heterocycles. The summed E-state index contributed by atoms with van der Waals surface area (Å²) in [5.41, 5.74) is 0.839. The van der Waals surface area contributed by atoms with Gasteiger partial charge in [0.25, 0.3) is 0 Å². The number of hydrogen-bond acceptors (Lipinski definition) is 2. The number of nitrogens with one attached hydrogen (secondary N) is 2. The zero-order chi connectivity index (χ0) is 17.3. The first-order valence-electron chi connectivity index (χ1n) is 7.55. The van der Waals surface area contributed by atoms with Crippen LogP contribution in [0.1, 0.15) is 18.4 Å². The number of aryl methyl sites for hydroxylation is 1. The SMILES string of the molecule is Cc1ccc(NC(=O)C2(C(=O)Nc3ccc(F)cc3)CC2)cc1Cl. The molecule has 0 aliphatic heterocycles. The highest BCUT2D eigenvalue weighted by molar-refractivity contribution is 6.31. The third-order valence-electron chi connectivity index (χ3n) is 4.15. The predicted octanol–water partition coefficient (Wildman–Crippen LogP) is 4.14.